The number of ether oxygens (including phenoxy) is 2. The van der Waals surface area contributed by atoms with Crippen LogP contribution < -0.4 is 4.74 Å². The Kier molecular flexibility index (Phi) is 6.19. The average Bonchev–Trinajstić information content (AvgIpc) is 2.73. The van der Waals surface area contributed by atoms with Gasteiger partial charge in [-0.05, 0) is 60.7 Å². The van der Waals surface area contributed by atoms with Crippen LogP contribution >= 0.6 is 11.6 Å². The van der Waals surface area contributed by atoms with Gasteiger partial charge in [0.05, 0.1) is 11.1 Å². The van der Waals surface area contributed by atoms with E-state index in [2.05, 4.69) is 0 Å². The van der Waals surface area contributed by atoms with Crippen LogP contribution in [0.3, 0.4) is 0 Å². The number of hydrogen-bond acceptors (Lipinski definition) is 5. The molecule has 0 saturated heterocycles. The Hall–Kier alpha value is -3.44. The quantitative estimate of drug-likeness (QED) is 0.347. The molecule has 0 N–H and O–H groups in total. The number of carbonyl (C=O) groups excluding carboxylic acids is 3. The average molecular weight is 395 g/mol. The van der Waals surface area contributed by atoms with Gasteiger partial charge in [0.15, 0.2) is 12.4 Å². The lowest BCUT2D eigenvalue weighted by Gasteiger charge is -2.07. The Morgan fingerprint density at radius 2 is 1.25 bits per heavy atom. The van der Waals surface area contributed by atoms with E-state index in [1.807, 2.05) is 0 Å². The first kappa shape index (κ1) is 19.3. The zero-order valence-corrected chi connectivity index (χ0v) is 15.4. The van der Waals surface area contributed by atoms with Crippen LogP contribution in [0, 0.1) is 0 Å². The molecule has 28 heavy (non-hydrogen) atoms. The van der Waals surface area contributed by atoms with Gasteiger partial charge in [-0.25, -0.2) is 9.59 Å². The van der Waals surface area contributed by atoms with Gasteiger partial charge in [0.2, 0.25) is 0 Å². The Bertz CT molecular complexity index is 980. The second-order valence-electron chi connectivity index (χ2n) is 5.79. The molecule has 0 aliphatic carbocycles. The van der Waals surface area contributed by atoms with Gasteiger partial charge in [0, 0.05) is 10.6 Å². The molecule has 3 rings (SSSR count). The molecule has 0 spiro atoms. The molecule has 0 heterocycles. The van der Waals surface area contributed by atoms with E-state index in [4.69, 9.17) is 21.1 Å². The molecule has 0 radical (unpaired) electrons. The summed E-state index contributed by atoms with van der Waals surface area (Å²) in [5.41, 5.74) is 1.07. The van der Waals surface area contributed by atoms with Crippen LogP contribution in [0.2, 0.25) is 5.02 Å². The number of esters is 2. The van der Waals surface area contributed by atoms with Crippen molar-refractivity contribution in [1.82, 2.24) is 0 Å². The van der Waals surface area contributed by atoms with Crippen molar-refractivity contribution in [3.8, 4) is 5.75 Å². The molecule has 0 bridgehead atoms. The smallest absolute Gasteiger partial charge is 0.343 e. The zero-order chi connectivity index (χ0) is 19.9. The van der Waals surface area contributed by atoms with Gasteiger partial charge in [-0.2, -0.15) is 0 Å². The van der Waals surface area contributed by atoms with Crippen molar-refractivity contribution in [2.75, 3.05) is 6.61 Å². The van der Waals surface area contributed by atoms with Crippen LogP contribution in [0.5, 0.6) is 5.75 Å². The molecule has 3 aromatic rings. The van der Waals surface area contributed by atoms with Crippen LogP contribution in [0.25, 0.3) is 0 Å². The molecule has 0 aliphatic heterocycles. The molecule has 0 saturated carbocycles. The van der Waals surface area contributed by atoms with Gasteiger partial charge in [-0.1, -0.05) is 29.8 Å². The van der Waals surface area contributed by atoms with E-state index in [1.54, 1.807) is 42.5 Å². The second-order valence-corrected chi connectivity index (χ2v) is 6.22. The lowest BCUT2D eigenvalue weighted by molar-refractivity contribution is 0.0474. The van der Waals surface area contributed by atoms with Crippen molar-refractivity contribution < 1.29 is 23.9 Å². The lowest BCUT2D eigenvalue weighted by atomic mass is 10.1. The summed E-state index contributed by atoms with van der Waals surface area (Å²) in [6, 6.07) is 20.8. The van der Waals surface area contributed by atoms with Crippen molar-refractivity contribution in [2.45, 2.75) is 0 Å². The van der Waals surface area contributed by atoms with E-state index in [1.165, 1.54) is 36.4 Å². The first-order chi connectivity index (χ1) is 13.5. The van der Waals surface area contributed by atoms with E-state index in [-0.39, 0.29) is 5.78 Å². The summed E-state index contributed by atoms with van der Waals surface area (Å²) < 4.78 is 10.3. The summed E-state index contributed by atoms with van der Waals surface area (Å²) in [6.45, 7) is -0.398. The number of Topliss-reactive ketones (excluding diaryl/α,β-unsaturated/α-hetero) is 1. The summed E-state index contributed by atoms with van der Waals surface area (Å²) in [6.07, 6.45) is 0. The van der Waals surface area contributed by atoms with Gasteiger partial charge in [0.1, 0.15) is 5.75 Å². The maximum absolute atomic E-state index is 12.2. The normalized spacial score (nSPS) is 10.2. The van der Waals surface area contributed by atoms with Crippen molar-refractivity contribution in [3.05, 3.63) is 101 Å². The van der Waals surface area contributed by atoms with E-state index in [0.717, 1.165) is 0 Å². The third-order valence-electron chi connectivity index (χ3n) is 3.81. The van der Waals surface area contributed by atoms with Crippen molar-refractivity contribution in [3.63, 3.8) is 0 Å². The van der Waals surface area contributed by atoms with Crippen molar-refractivity contribution >= 4 is 29.3 Å². The van der Waals surface area contributed by atoms with Crippen molar-refractivity contribution in [1.29, 1.82) is 0 Å². The third-order valence-corrected chi connectivity index (χ3v) is 4.06. The molecule has 0 fully saturated rings. The summed E-state index contributed by atoms with van der Waals surface area (Å²) in [4.78, 5) is 36.1. The molecule has 0 unspecified atom stereocenters. The second kappa shape index (κ2) is 8.97. The predicted molar refractivity (Wildman–Crippen MR) is 104 cm³/mol. The lowest BCUT2D eigenvalue weighted by Crippen LogP contribution is -2.14. The molecule has 0 atom stereocenters. The minimum Gasteiger partial charge on any atom is -0.454 e. The highest BCUT2D eigenvalue weighted by Gasteiger charge is 2.13. The number of benzene rings is 3. The Labute approximate surface area is 166 Å². The van der Waals surface area contributed by atoms with Gasteiger partial charge < -0.3 is 9.47 Å². The zero-order valence-electron chi connectivity index (χ0n) is 14.6. The SMILES string of the molecule is O=C(COC(=O)c1ccc(Cl)cc1)c1ccc(OC(=O)c2ccccc2)cc1. The highest BCUT2D eigenvalue weighted by molar-refractivity contribution is 6.30. The maximum atomic E-state index is 12.2. The summed E-state index contributed by atoms with van der Waals surface area (Å²) in [5.74, 6) is -1.16. The summed E-state index contributed by atoms with van der Waals surface area (Å²) >= 11 is 5.77. The molecular formula is C22H15ClO5. The molecule has 5 nitrogen and oxygen atoms in total. The van der Waals surface area contributed by atoms with E-state index < -0.39 is 18.5 Å². The minimum absolute atomic E-state index is 0.306. The topological polar surface area (TPSA) is 69.7 Å². The number of ketones is 1. The molecule has 140 valence electrons. The fourth-order valence-corrected chi connectivity index (χ4v) is 2.46. The Morgan fingerprint density at radius 1 is 0.679 bits per heavy atom. The minimum atomic E-state index is -0.613. The monoisotopic (exact) mass is 394 g/mol. The molecule has 0 aromatic heterocycles. The van der Waals surface area contributed by atoms with E-state index >= 15 is 0 Å². The number of halogens is 1. The van der Waals surface area contributed by atoms with Gasteiger partial charge in [0.25, 0.3) is 0 Å². The standard InChI is InChI=1S/C22H15ClO5/c23-18-10-6-17(7-11-18)21(25)27-14-20(24)15-8-12-19(13-9-15)28-22(26)16-4-2-1-3-5-16/h1-13H,14H2. The van der Waals surface area contributed by atoms with Gasteiger partial charge in [-0.15, -0.1) is 0 Å². The van der Waals surface area contributed by atoms with Crippen LogP contribution in [0.1, 0.15) is 31.1 Å². The molecular weight excluding hydrogens is 380 g/mol. The van der Waals surface area contributed by atoms with Crippen LogP contribution in [0.4, 0.5) is 0 Å². The fraction of sp³-hybridized carbons (Fsp3) is 0.0455. The Morgan fingerprint density at radius 3 is 1.89 bits per heavy atom. The maximum Gasteiger partial charge on any atom is 0.343 e. The molecule has 0 amide bonds. The Balaban J connectivity index is 1.55. The van der Waals surface area contributed by atoms with Gasteiger partial charge >= 0.3 is 11.9 Å². The number of carbonyl (C=O) groups is 3. The van der Waals surface area contributed by atoms with Crippen molar-refractivity contribution in [2.24, 2.45) is 0 Å². The fourth-order valence-electron chi connectivity index (χ4n) is 2.33. The molecule has 0 aliphatic rings. The molecule has 6 heteroatoms. The van der Waals surface area contributed by atoms with Crippen LogP contribution in [-0.2, 0) is 4.74 Å². The molecule has 3 aromatic carbocycles. The highest BCUT2D eigenvalue weighted by atomic mass is 35.5. The first-order valence-electron chi connectivity index (χ1n) is 8.36. The predicted octanol–water partition coefficient (Wildman–Crippen LogP) is 4.60. The first-order valence-corrected chi connectivity index (χ1v) is 8.74. The van der Waals surface area contributed by atoms with Gasteiger partial charge in [-0.3, -0.25) is 4.79 Å². The summed E-state index contributed by atoms with van der Waals surface area (Å²) in [5, 5.41) is 0.501. The number of hydrogen-bond donors (Lipinski definition) is 0. The summed E-state index contributed by atoms with van der Waals surface area (Å²) in [7, 11) is 0. The van der Waals surface area contributed by atoms with E-state index in [9.17, 15) is 14.4 Å². The van der Waals surface area contributed by atoms with Crippen LogP contribution in [0.15, 0.2) is 78.9 Å². The third kappa shape index (κ3) is 5.05. The largest absolute Gasteiger partial charge is 0.454 e. The number of rotatable bonds is 6. The van der Waals surface area contributed by atoms with E-state index in [0.29, 0.717) is 27.5 Å². The van der Waals surface area contributed by atoms with Crippen LogP contribution in [-0.4, -0.2) is 24.3 Å². The highest BCUT2D eigenvalue weighted by Crippen LogP contribution is 2.15.